The molecule has 0 radical (unpaired) electrons. The van der Waals surface area contributed by atoms with Gasteiger partial charge in [0.25, 0.3) is 0 Å². The van der Waals surface area contributed by atoms with Gasteiger partial charge in [0.15, 0.2) is 5.69 Å². The third-order valence-corrected chi connectivity index (χ3v) is 5.13. The lowest BCUT2D eigenvalue weighted by molar-refractivity contribution is -0.141. The first-order chi connectivity index (χ1) is 10.8. The number of nitrogens with zero attached hydrogens (tertiary/aromatic N) is 3. The fourth-order valence-electron chi connectivity index (χ4n) is 2.68. The highest BCUT2D eigenvalue weighted by atomic mass is 35.5. The smallest absolute Gasteiger partial charge is 0.367 e. The number of nitriles is 1. The van der Waals surface area contributed by atoms with Crippen LogP contribution in [-0.2, 0) is 6.18 Å². The Balaban J connectivity index is 2.38. The predicted octanol–water partition coefficient (Wildman–Crippen LogP) is 3.97. The Kier molecular flexibility index (Phi) is 4.10. The molecule has 122 valence electrons. The average Bonchev–Trinajstić information content (AvgIpc) is 2.80. The van der Waals surface area contributed by atoms with E-state index in [0.29, 0.717) is 24.3 Å². The molecule has 3 heterocycles. The van der Waals surface area contributed by atoms with Gasteiger partial charge in [-0.05, 0) is 6.92 Å². The van der Waals surface area contributed by atoms with E-state index in [2.05, 4.69) is 9.97 Å². The van der Waals surface area contributed by atoms with E-state index in [1.165, 1.54) is 0 Å². The minimum Gasteiger partial charge on any atom is -0.367 e. The summed E-state index contributed by atoms with van der Waals surface area (Å²) in [5, 5.41) is 9.52. The Labute approximate surface area is 139 Å². The first-order valence-electron chi connectivity index (χ1n) is 6.86. The summed E-state index contributed by atoms with van der Waals surface area (Å²) < 4.78 is 40.1. The normalized spacial score (nSPS) is 15.9. The summed E-state index contributed by atoms with van der Waals surface area (Å²) in [7, 11) is 0. The zero-order chi connectivity index (χ0) is 16.8. The average molecular weight is 361 g/mol. The zero-order valence-electron chi connectivity index (χ0n) is 12.1. The molecule has 0 saturated carbocycles. The van der Waals surface area contributed by atoms with Crippen molar-refractivity contribution in [2.24, 2.45) is 0 Å². The van der Waals surface area contributed by atoms with Crippen molar-refractivity contribution in [3.05, 3.63) is 22.0 Å². The summed E-state index contributed by atoms with van der Waals surface area (Å²) >= 11 is 7.84. The molecule has 0 aliphatic carbocycles. The number of halogens is 4. The van der Waals surface area contributed by atoms with Gasteiger partial charge in [-0.25, -0.2) is 4.98 Å². The lowest BCUT2D eigenvalue weighted by Gasteiger charge is -2.30. The summed E-state index contributed by atoms with van der Waals surface area (Å²) in [6, 6.07) is 1.69. The maximum Gasteiger partial charge on any atom is 0.434 e. The monoisotopic (exact) mass is 360 g/mol. The van der Waals surface area contributed by atoms with Crippen molar-refractivity contribution >= 4 is 40.1 Å². The molecule has 0 atom stereocenters. The van der Waals surface area contributed by atoms with E-state index >= 15 is 0 Å². The highest BCUT2D eigenvalue weighted by Gasteiger charge is 2.39. The molecule has 0 unspecified atom stereocenters. The summed E-state index contributed by atoms with van der Waals surface area (Å²) in [6.07, 6.45) is -4.72. The number of fused-ring (bicyclic) bond motifs is 1. The molecular formula is C14H12ClF3N4S. The first-order valence-corrected chi connectivity index (χ1v) is 8.39. The maximum absolute atomic E-state index is 13.4. The van der Waals surface area contributed by atoms with Gasteiger partial charge in [0.2, 0.25) is 0 Å². The van der Waals surface area contributed by atoms with Crippen LogP contribution >= 0.6 is 23.4 Å². The maximum atomic E-state index is 13.4. The van der Waals surface area contributed by atoms with E-state index in [0.717, 1.165) is 11.5 Å². The molecule has 0 aromatic carbocycles. The number of pyridine rings is 1. The number of hydrogen-bond donors (Lipinski definition) is 1. The minimum atomic E-state index is -4.72. The Hall–Kier alpha value is -1.59. The Morgan fingerprint density at radius 3 is 2.57 bits per heavy atom. The van der Waals surface area contributed by atoms with Crippen LogP contribution < -0.4 is 4.90 Å². The number of hydrogen-bond acceptors (Lipinski definition) is 4. The number of rotatable bonds is 1. The van der Waals surface area contributed by atoms with Crippen LogP contribution in [0.2, 0.25) is 5.02 Å². The van der Waals surface area contributed by atoms with E-state index in [9.17, 15) is 18.4 Å². The van der Waals surface area contributed by atoms with Gasteiger partial charge in [-0.3, -0.25) is 0 Å². The highest BCUT2D eigenvalue weighted by molar-refractivity contribution is 7.99. The van der Waals surface area contributed by atoms with Crippen molar-refractivity contribution in [1.29, 1.82) is 5.26 Å². The van der Waals surface area contributed by atoms with Crippen LogP contribution in [0.25, 0.3) is 11.0 Å². The number of nitrogens with one attached hydrogen (secondary N) is 1. The topological polar surface area (TPSA) is 55.7 Å². The molecule has 23 heavy (non-hydrogen) atoms. The first kappa shape index (κ1) is 16.3. The standard InChI is InChI=1S/C14H12ClF3N4S/c1-7-9(15)10-11(20-7)12(22-2-4-23-5-3-22)8(6-19)13(21-10)14(16,17)18/h20H,2-5H2,1H3. The van der Waals surface area contributed by atoms with Crippen molar-refractivity contribution in [2.75, 3.05) is 29.5 Å². The predicted molar refractivity (Wildman–Crippen MR) is 85.1 cm³/mol. The summed E-state index contributed by atoms with van der Waals surface area (Å²) in [5.41, 5.74) is -0.394. The van der Waals surface area contributed by atoms with Gasteiger partial charge in [-0.2, -0.15) is 30.2 Å². The fraction of sp³-hybridized carbons (Fsp3) is 0.429. The van der Waals surface area contributed by atoms with E-state index in [-0.39, 0.29) is 16.2 Å². The lowest BCUT2D eigenvalue weighted by atomic mass is 10.1. The number of aryl methyl sites for hydroxylation is 1. The van der Waals surface area contributed by atoms with Crippen LogP contribution in [0, 0.1) is 18.3 Å². The van der Waals surface area contributed by atoms with E-state index in [1.54, 1.807) is 29.7 Å². The van der Waals surface area contributed by atoms with Gasteiger partial charge >= 0.3 is 6.18 Å². The van der Waals surface area contributed by atoms with Crippen molar-refractivity contribution in [3.63, 3.8) is 0 Å². The second-order valence-electron chi connectivity index (χ2n) is 5.18. The molecule has 4 nitrogen and oxygen atoms in total. The second-order valence-corrected chi connectivity index (χ2v) is 6.78. The number of H-pyrrole nitrogens is 1. The van der Waals surface area contributed by atoms with Crippen LogP contribution in [0.5, 0.6) is 0 Å². The van der Waals surface area contributed by atoms with Crippen LogP contribution in [-0.4, -0.2) is 34.6 Å². The van der Waals surface area contributed by atoms with Gasteiger partial charge in [0, 0.05) is 30.3 Å². The van der Waals surface area contributed by atoms with E-state index in [1.807, 2.05) is 0 Å². The van der Waals surface area contributed by atoms with Crippen LogP contribution in [0.15, 0.2) is 0 Å². The van der Waals surface area contributed by atoms with Gasteiger partial charge in [0.05, 0.1) is 16.2 Å². The number of aromatic nitrogens is 2. The minimum absolute atomic E-state index is 0.0590. The summed E-state index contributed by atoms with van der Waals surface area (Å²) in [6.45, 7) is 2.82. The molecule has 9 heteroatoms. The highest BCUT2D eigenvalue weighted by Crippen LogP contribution is 2.41. The van der Waals surface area contributed by atoms with Gasteiger partial charge in [-0.1, -0.05) is 11.6 Å². The van der Waals surface area contributed by atoms with Gasteiger partial charge in [-0.15, -0.1) is 0 Å². The molecule has 0 amide bonds. The largest absolute Gasteiger partial charge is 0.434 e. The molecule has 1 saturated heterocycles. The van der Waals surface area contributed by atoms with Crippen molar-refractivity contribution in [3.8, 4) is 6.07 Å². The fourth-order valence-corrected chi connectivity index (χ4v) is 3.77. The molecular weight excluding hydrogens is 349 g/mol. The van der Waals surface area contributed by atoms with Gasteiger partial charge in [0.1, 0.15) is 17.1 Å². The van der Waals surface area contributed by atoms with E-state index < -0.39 is 17.4 Å². The third-order valence-electron chi connectivity index (χ3n) is 3.73. The molecule has 2 aromatic rings. The van der Waals surface area contributed by atoms with Crippen LogP contribution in [0.4, 0.5) is 18.9 Å². The van der Waals surface area contributed by atoms with Crippen molar-refractivity contribution in [2.45, 2.75) is 13.1 Å². The zero-order valence-corrected chi connectivity index (χ0v) is 13.7. The summed E-state index contributed by atoms with van der Waals surface area (Å²) in [5.74, 6) is 1.59. The molecule has 1 N–H and O–H groups in total. The number of alkyl halides is 3. The number of thioether (sulfide) groups is 1. The third kappa shape index (κ3) is 2.72. The SMILES string of the molecule is Cc1[nH]c2c(N3CCSCC3)c(C#N)c(C(F)(F)F)nc2c1Cl. The molecule has 1 aliphatic heterocycles. The Morgan fingerprint density at radius 2 is 2.00 bits per heavy atom. The van der Waals surface area contributed by atoms with Crippen LogP contribution in [0.3, 0.4) is 0 Å². The van der Waals surface area contributed by atoms with E-state index in [4.69, 9.17) is 11.6 Å². The van der Waals surface area contributed by atoms with Crippen molar-refractivity contribution in [1.82, 2.24) is 9.97 Å². The Morgan fingerprint density at radius 1 is 1.35 bits per heavy atom. The molecule has 0 spiro atoms. The number of aromatic amines is 1. The van der Waals surface area contributed by atoms with Gasteiger partial charge < -0.3 is 9.88 Å². The molecule has 2 aromatic heterocycles. The number of anilines is 1. The molecule has 1 aliphatic rings. The molecule has 0 bridgehead atoms. The summed E-state index contributed by atoms with van der Waals surface area (Å²) in [4.78, 5) is 8.44. The Bertz CT molecular complexity index is 803. The quantitative estimate of drug-likeness (QED) is 0.836. The lowest BCUT2D eigenvalue weighted by Crippen LogP contribution is -2.34. The molecule has 3 rings (SSSR count). The van der Waals surface area contributed by atoms with Crippen molar-refractivity contribution < 1.29 is 13.2 Å². The second kappa shape index (κ2) is 5.80. The molecule has 1 fully saturated rings. The van der Waals surface area contributed by atoms with Crippen LogP contribution in [0.1, 0.15) is 17.0 Å².